The average molecular weight is 305 g/mol. The summed E-state index contributed by atoms with van der Waals surface area (Å²) < 4.78 is 5.07. The van der Waals surface area contributed by atoms with Crippen LogP contribution >= 0.6 is 11.3 Å². The summed E-state index contributed by atoms with van der Waals surface area (Å²) >= 11 is 1.46. The summed E-state index contributed by atoms with van der Waals surface area (Å²) in [5.41, 5.74) is 4.17. The van der Waals surface area contributed by atoms with Gasteiger partial charge in [-0.3, -0.25) is 4.79 Å². The predicted octanol–water partition coefficient (Wildman–Crippen LogP) is 3.24. The fourth-order valence-electron chi connectivity index (χ4n) is 2.07. The van der Waals surface area contributed by atoms with Crippen LogP contribution in [-0.4, -0.2) is 29.8 Å². The second-order valence-corrected chi connectivity index (χ2v) is 6.16. The smallest absolute Gasteiger partial charge is 0.308 e. The van der Waals surface area contributed by atoms with Crippen molar-refractivity contribution in [2.75, 3.05) is 13.7 Å². The molecule has 0 unspecified atom stereocenters. The van der Waals surface area contributed by atoms with E-state index in [0.29, 0.717) is 13.0 Å². The van der Waals surface area contributed by atoms with Crippen LogP contribution < -0.4 is 0 Å². The molecule has 5 heteroatoms. The third-order valence-corrected chi connectivity index (χ3v) is 4.47. The van der Waals surface area contributed by atoms with Gasteiger partial charge in [0.25, 0.3) is 0 Å². The van der Waals surface area contributed by atoms with Crippen LogP contribution in [0.1, 0.15) is 21.0 Å². The lowest BCUT2D eigenvalue weighted by atomic mass is 10.0. The van der Waals surface area contributed by atoms with Gasteiger partial charge in [-0.2, -0.15) is 0 Å². The Labute approximate surface area is 128 Å². The molecule has 21 heavy (non-hydrogen) atoms. The lowest BCUT2D eigenvalue weighted by Crippen LogP contribution is -1.99. The van der Waals surface area contributed by atoms with Crippen LogP contribution in [0.15, 0.2) is 18.2 Å². The van der Waals surface area contributed by atoms with Crippen molar-refractivity contribution < 1.29 is 14.6 Å². The second-order valence-electron chi connectivity index (χ2n) is 4.99. The van der Waals surface area contributed by atoms with E-state index in [1.165, 1.54) is 22.5 Å². The molecule has 1 aromatic carbocycles. The first-order chi connectivity index (χ1) is 10.0. The van der Waals surface area contributed by atoms with E-state index in [1.54, 1.807) is 7.11 Å². The fraction of sp³-hybridized carbons (Fsp3) is 0.375. The van der Waals surface area contributed by atoms with Crippen molar-refractivity contribution in [1.82, 2.24) is 4.98 Å². The van der Waals surface area contributed by atoms with E-state index in [0.717, 1.165) is 21.1 Å². The Morgan fingerprint density at radius 1 is 1.33 bits per heavy atom. The van der Waals surface area contributed by atoms with Crippen molar-refractivity contribution in [2.24, 2.45) is 0 Å². The van der Waals surface area contributed by atoms with Crippen LogP contribution in [0.4, 0.5) is 0 Å². The summed E-state index contributed by atoms with van der Waals surface area (Å²) in [6.07, 6.45) is 0.714. The monoisotopic (exact) mass is 305 g/mol. The molecule has 1 aromatic heterocycles. The molecule has 4 nitrogen and oxygen atoms in total. The number of hydrogen-bond acceptors (Lipinski definition) is 4. The number of hydrogen-bond donors (Lipinski definition) is 1. The Bertz CT molecular complexity index is 649. The SMILES string of the molecule is COCCc1nc(-c2ccc(C)c(C)c2)c(CC(=O)O)s1. The zero-order chi connectivity index (χ0) is 15.4. The van der Waals surface area contributed by atoms with Gasteiger partial charge in [-0.25, -0.2) is 4.98 Å². The molecule has 0 spiro atoms. The molecule has 2 aromatic rings. The van der Waals surface area contributed by atoms with E-state index in [2.05, 4.69) is 18.0 Å². The first-order valence-electron chi connectivity index (χ1n) is 6.78. The molecular formula is C16H19NO3S. The molecule has 1 heterocycles. The fourth-order valence-corrected chi connectivity index (χ4v) is 3.13. The molecule has 0 radical (unpaired) electrons. The minimum Gasteiger partial charge on any atom is -0.481 e. The summed E-state index contributed by atoms with van der Waals surface area (Å²) in [5.74, 6) is -0.831. The maximum absolute atomic E-state index is 11.1. The molecule has 112 valence electrons. The van der Waals surface area contributed by atoms with Gasteiger partial charge in [0.1, 0.15) is 0 Å². The largest absolute Gasteiger partial charge is 0.481 e. The van der Waals surface area contributed by atoms with Crippen LogP contribution in [0.25, 0.3) is 11.3 Å². The van der Waals surface area contributed by atoms with Gasteiger partial charge in [0, 0.05) is 24.0 Å². The molecule has 0 saturated heterocycles. The summed E-state index contributed by atoms with van der Waals surface area (Å²) in [6, 6.07) is 6.11. The van der Waals surface area contributed by atoms with Crippen LogP contribution in [-0.2, 0) is 22.4 Å². The molecule has 2 rings (SSSR count). The number of benzene rings is 1. The quantitative estimate of drug-likeness (QED) is 0.890. The highest BCUT2D eigenvalue weighted by molar-refractivity contribution is 7.12. The minimum absolute atomic E-state index is 0.00685. The molecule has 0 atom stereocenters. The van der Waals surface area contributed by atoms with Crippen molar-refractivity contribution in [3.63, 3.8) is 0 Å². The van der Waals surface area contributed by atoms with E-state index >= 15 is 0 Å². The van der Waals surface area contributed by atoms with Gasteiger partial charge in [0.15, 0.2) is 0 Å². The van der Waals surface area contributed by atoms with Gasteiger partial charge in [0.05, 0.1) is 23.7 Å². The van der Waals surface area contributed by atoms with E-state index in [-0.39, 0.29) is 6.42 Å². The van der Waals surface area contributed by atoms with Crippen molar-refractivity contribution in [1.29, 1.82) is 0 Å². The zero-order valence-corrected chi connectivity index (χ0v) is 13.3. The third-order valence-electron chi connectivity index (χ3n) is 3.35. The number of carbonyl (C=O) groups is 1. The van der Waals surface area contributed by atoms with Gasteiger partial charge in [-0.05, 0) is 31.0 Å². The highest BCUT2D eigenvalue weighted by Crippen LogP contribution is 2.30. The summed E-state index contributed by atoms with van der Waals surface area (Å²) in [7, 11) is 1.65. The maximum atomic E-state index is 11.1. The first-order valence-corrected chi connectivity index (χ1v) is 7.60. The highest BCUT2D eigenvalue weighted by Gasteiger charge is 2.16. The summed E-state index contributed by atoms with van der Waals surface area (Å²) in [5, 5.41) is 9.99. The second kappa shape index (κ2) is 6.83. The number of rotatable bonds is 6. The number of carboxylic acid groups (broad SMARTS) is 1. The number of aryl methyl sites for hydroxylation is 2. The van der Waals surface area contributed by atoms with E-state index in [4.69, 9.17) is 9.84 Å². The number of nitrogens with zero attached hydrogens (tertiary/aromatic N) is 1. The molecule has 0 saturated carbocycles. The summed E-state index contributed by atoms with van der Waals surface area (Å²) in [4.78, 5) is 16.5. The average Bonchev–Trinajstić information content (AvgIpc) is 2.81. The number of thiazole rings is 1. The lowest BCUT2D eigenvalue weighted by Gasteiger charge is -2.04. The van der Waals surface area contributed by atoms with Crippen LogP contribution in [0.5, 0.6) is 0 Å². The van der Waals surface area contributed by atoms with Crippen LogP contribution in [0, 0.1) is 13.8 Å². The molecule has 0 bridgehead atoms. The molecule has 0 amide bonds. The molecule has 0 aliphatic carbocycles. The van der Waals surface area contributed by atoms with E-state index in [9.17, 15) is 4.79 Å². The molecule has 0 aliphatic rings. The maximum Gasteiger partial charge on any atom is 0.308 e. The third kappa shape index (κ3) is 3.89. The molecule has 1 N–H and O–H groups in total. The van der Waals surface area contributed by atoms with E-state index < -0.39 is 5.97 Å². The number of methoxy groups -OCH3 is 1. The first kappa shape index (κ1) is 15.7. The number of aromatic nitrogens is 1. The van der Waals surface area contributed by atoms with Gasteiger partial charge in [0.2, 0.25) is 0 Å². The molecule has 0 fully saturated rings. The minimum atomic E-state index is -0.831. The van der Waals surface area contributed by atoms with Gasteiger partial charge in [-0.15, -0.1) is 11.3 Å². The van der Waals surface area contributed by atoms with E-state index in [1.807, 2.05) is 19.1 Å². The highest BCUT2D eigenvalue weighted by atomic mass is 32.1. The van der Waals surface area contributed by atoms with Crippen molar-refractivity contribution in [3.05, 3.63) is 39.2 Å². The predicted molar refractivity (Wildman–Crippen MR) is 83.9 cm³/mol. The number of carboxylic acids is 1. The zero-order valence-electron chi connectivity index (χ0n) is 12.5. The Morgan fingerprint density at radius 3 is 2.71 bits per heavy atom. The number of ether oxygens (including phenoxy) is 1. The Morgan fingerprint density at radius 2 is 2.10 bits per heavy atom. The van der Waals surface area contributed by atoms with Crippen LogP contribution in [0.3, 0.4) is 0 Å². The summed E-state index contributed by atoms with van der Waals surface area (Å²) in [6.45, 7) is 4.70. The Kier molecular flexibility index (Phi) is 5.09. The number of aliphatic carboxylic acids is 1. The lowest BCUT2D eigenvalue weighted by molar-refractivity contribution is -0.136. The van der Waals surface area contributed by atoms with Crippen molar-refractivity contribution in [3.8, 4) is 11.3 Å². The van der Waals surface area contributed by atoms with Crippen molar-refractivity contribution in [2.45, 2.75) is 26.7 Å². The van der Waals surface area contributed by atoms with Crippen molar-refractivity contribution >= 4 is 17.3 Å². The van der Waals surface area contributed by atoms with Gasteiger partial charge < -0.3 is 9.84 Å². The topological polar surface area (TPSA) is 59.4 Å². The van der Waals surface area contributed by atoms with Crippen LogP contribution in [0.2, 0.25) is 0 Å². The molecular weight excluding hydrogens is 286 g/mol. The Balaban J connectivity index is 2.41. The van der Waals surface area contributed by atoms with Gasteiger partial charge >= 0.3 is 5.97 Å². The molecule has 0 aliphatic heterocycles. The standard InChI is InChI=1S/C16H19NO3S/c1-10-4-5-12(8-11(10)2)16-13(9-15(18)19)21-14(17-16)6-7-20-3/h4-5,8H,6-7,9H2,1-3H3,(H,18,19). The van der Waals surface area contributed by atoms with Gasteiger partial charge in [-0.1, -0.05) is 12.1 Å². The normalized spacial score (nSPS) is 10.8. The Hall–Kier alpha value is -1.72.